The maximum Gasteiger partial charge on any atom is 0.137 e. The van der Waals surface area contributed by atoms with Gasteiger partial charge in [-0.3, -0.25) is 0 Å². The van der Waals surface area contributed by atoms with E-state index in [1.807, 2.05) is 97.1 Å². The minimum absolute atomic E-state index is 0.0517. The van der Waals surface area contributed by atoms with Crippen molar-refractivity contribution in [3.05, 3.63) is 182 Å². The molecule has 3 heterocycles. The van der Waals surface area contributed by atoms with E-state index in [4.69, 9.17) is 9.90 Å². The van der Waals surface area contributed by atoms with Crippen molar-refractivity contribution in [3.63, 3.8) is 0 Å². The first-order valence-corrected chi connectivity index (χ1v) is 16.6. The minimum atomic E-state index is -0.505. The third-order valence-electron chi connectivity index (χ3n) is 9.81. The lowest BCUT2D eigenvalue weighted by atomic mass is 9.99. The molecule has 0 amide bonds. The number of furan rings is 1. The fourth-order valence-electron chi connectivity index (χ4n) is 7.60. The second-order valence-electron chi connectivity index (χ2n) is 12.6. The molecular weight excluding hydrogens is 621 g/mol. The van der Waals surface area contributed by atoms with Crippen LogP contribution in [0.2, 0.25) is 0 Å². The second-order valence-corrected chi connectivity index (χ2v) is 12.6. The maximum atomic E-state index is 9.76. The summed E-state index contributed by atoms with van der Waals surface area (Å²) < 4.78 is 101. The van der Waals surface area contributed by atoms with Gasteiger partial charge in [0.25, 0.3) is 0 Å². The van der Waals surface area contributed by atoms with Crippen molar-refractivity contribution in [1.82, 2.24) is 9.13 Å². The molecule has 0 saturated heterocycles. The fraction of sp³-hybridized carbons (Fsp3) is 0. The zero-order valence-electron chi connectivity index (χ0n) is 36.8. The highest BCUT2D eigenvalue weighted by Crippen LogP contribution is 2.43. The average Bonchev–Trinajstić information content (AvgIpc) is 3.97. The molecule has 0 saturated carbocycles. The average molecular weight is 661 g/mol. The number of hydrogen-bond acceptors (Lipinski definition) is 1. The van der Waals surface area contributed by atoms with Crippen molar-refractivity contribution in [3.8, 4) is 33.6 Å². The topological polar surface area (TPSA) is 23.0 Å². The van der Waals surface area contributed by atoms with Gasteiger partial charge in [0, 0.05) is 49.8 Å². The Morgan fingerprint density at radius 2 is 0.961 bits per heavy atom. The Kier molecular flexibility index (Phi) is 4.24. The molecule has 0 aliphatic rings. The van der Waals surface area contributed by atoms with Crippen LogP contribution in [-0.4, -0.2) is 9.13 Å². The van der Waals surface area contributed by atoms with E-state index in [2.05, 4.69) is 0 Å². The first-order valence-electron chi connectivity index (χ1n) is 21.6. The van der Waals surface area contributed by atoms with Crippen LogP contribution < -0.4 is 0 Å². The lowest BCUT2D eigenvalue weighted by Crippen LogP contribution is -1.95. The molecule has 3 heteroatoms. The Bertz CT molecular complexity index is 3690. The van der Waals surface area contributed by atoms with E-state index in [0.29, 0.717) is 22.5 Å². The zero-order chi connectivity index (χ0) is 42.2. The summed E-state index contributed by atoms with van der Waals surface area (Å²) in [6.45, 7) is 0. The number of para-hydroxylation sites is 2. The lowest BCUT2D eigenvalue weighted by molar-refractivity contribution is 0.668. The molecule has 0 unspecified atom stereocenters. The van der Waals surface area contributed by atoms with Crippen LogP contribution in [0.15, 0.2) is 186 Å². The van der Waals surface area contributed by atoms with E-state index in [9.17, 15) is 8.22 Å². The van der Waals surface area contributed by atoms with Crippen LogP contribution >= 0.6 is 0 Å². The first kappa shape index (κ1) is 20.0. The highest BCUT2D eigenvalue weighted by Gasteiger charge is 2.21. The molecule has 0 aliphatic heterocycles. The summed E-state index contributed by atoms with van der Waals surface area (Å²) in [5, 5.41) is 2.18. The standard InChI is InChI=1S/C48H30N2O/c1-3-12-31(13-4-1)32-22-24-34(25-23-32)49-40-19-9-7-16-37(40)47-42(49)28-29-43-48(47)38-17-8-10-20-41(38)50(43)35-26-27-39-45(30-35)51-44-21-11-18-36(46(39)44)33-14-5-2-6-15-33/h1-30H/i7D,8D,9D,10D,16D,17D,19D,20D,28D,29D. The number of aromatic nitrogens is 2. The molecule has 238 valence electrons. The van der Waals surface area contributed by atoms with Gasteiger partial charge >= 0.3 is 0 Å². The van der Waals surface area contributed by atoms with Crippen molar-refractivity contribution in [2.75, 3.05) is 0 Å². The van der Waals surface area contributed by atoms with Crippen LogP contribution in [0.5, 0.6) is 0 Å². The lowest BCUT2D eigenvalue weighted by Gasteiger charge is -2.10. The van der Waals surface area contributed by atoms with Crippen molar-refractivity contribution >= 4 is 65.6 Å². The van der Waals surface area contributed by atoms with Gasteiger partial charge in [-0.25, -0.2) is 0 Å². The summed E-state index contributed by atoms with van der Waals surface area (Å²) >= 11 is 0. The Labute approximate surface area is 307 Å². The van der Waals surface area contributed by atoms with Gasteiger partial charge in [0.05, 0.1) is 35.8 Å². The van der Waals surface area contributed by atoms with Crippen molar-refractivity contribution in [1.29, 1.82) is 0 Å². The van der Waals surface area contributed by atoms with Gasteiger partial charge in [-0.2, -0.15) is 0 Å². The quantitative estimate of drug-likeness (QED) is 0.184. The molecule has 3 nitrogen and oxygen atoms in total. The highest BCUT2D eigenvalue weighted by molar-refractivity contribution is 6.29. The molecule has 11 aromatic rings. The fourth-order valence-corrected chi connectivity index (χ4v) is 7.60. The zero-order valence-corrected chi connectivity index (χ0v) is 26.8. The van der Waals surface area contributed by atoms with E-state index in [1.54, 1.807) is 33.4 Å². The summed E-state index contributed by atoms with van der Waals surface area (Å²) in [6, 6.07) is 34.3. The minimum Gasteiger partial charge on any atom is -0.456 e. The van der Waals surface area contributed by atoms with Crippen LogP contribution in [0.1, 0.15) is 13.7 Å². The Morgan fingerprint density at radius 1 is 0.392 bits per heavy atom. The third-order valence-corrected chi connectivity index (χ3v) is 9.81. The van der Waals surface area contributed by atoms with E-state index in [-0.39, 0.29) is 79.9 Å². The summed E-state index contributed by atoms with van der Waals surface area (Å²) in [5.41, 5.74) is 6.21. The number of fused-ring (bicyclic) bond motifs is 10. The van der Waals surface area contributed by atoms with E-state index >= 15 is 0 Å². The van der Waals surface area contributed by atoms with E-state index in [1.165, 1.54) is 0 Å². The molecular formula is C48H30N2O. The van der Waals surface area contributed by atoms with Crippen LogP contribution in [0.3, 0.4) is 0 Å². The molecule has 0 bridgehead atoms. The molecule has 0 spiro atoms. The number of rotatable bonds is 4. The predicted molar refractivity (Wildman–Crippen MR) is 213 cm³/mol. The molecule has 51 heavy (non-hydrogen) atoms. The molecule has 0 N–H and O–H groups in total. The molecule has 0 atom stereocenters. The summed E-state index contributed by atoms with van der Waals surface area (Å²) in [7, 11) is 0. The van der Waals surface area contributed by atoms with Gasteiger partial charge in [-0.1, -0.05) is 121 Å². The summed E-state index contributed by atoms with van der Waals surface area (Å²) in [5.74, 6) is 0. The molecule has 0 fully saturated rings. The monoisotopic (exact) mass is 660 g/mol. The number of hydrogen-bond donors (Lipinski definition) is 0. The van der Waals surface area contributed by atoms with Crippen molar-refractivity contribution in [2.45, 2.75) is 0 Å². The molecule has 0 aliphatic carbocycles. The van der Waals surface area contributed by atoms with Gasteiger partial charge in [0.2, 0.25) is 0 Å². The van der Waals surface area contributed by atoms with Gasteiger partial charge < -0.3 is 13.6 Å². The number of benzene rings is 8. The molecule has 8 aromatic carbocycles. The van der Waals surface area contributed by atoms with Gasteiger partial charge in [0.1, 0.15) is 11.2 Å². The van der Waals surface area contributed by atoms with Crippen molar-refractivity contribution in [2.24, 2.45) is 0 Å². The van der Waals surface area contributed by atoms with E-state index < -0.39 is 24.2 Å². The van der Waals surface area contributed by atoms with Gasteiger partial charge in [0.15, 0.2) is 0 Å². The van der Waals surface area contributed by atoms with Gasteiger partial charge in [-0.05, 0) is 76.8 Å². The third kappa shape index (κ3) is 4.12. The molecule has 11 rings (SSSR count). The van der Waals surface area contributed by atoms with Gasteiger partial charge in [-0.15, -0.1) is 0 Å². The Balaban J connectivity index is 1.30. The molecule has 3 aromatic heterocycles. The number of nitrogens with zero attached hydrogens (tertiary/aromatic N) is 2. The smallest absolute Gasteiger partial charge is 0.137 e. The van der Waals surface area contributed by atoms with Crippen LogP contribution in [-0.2, 0) is 0 Å². The predicted octanol–water partition coefficient (Wildman–Crippen LogP) is 13.1. The first-order chi connectivity index (χ1) is 29.5. The van der Waals surface area contributed by atoms with Crippen molar-refractivity contribution < 1.29 is 18.1 Å². The summed E-state index contributed by atoms with van der Waals surface area (Å²) in [4.78, 5) is 0. The van der Waals surface area contributed by atoms with E-state index in [0.717, 1.165) is 33.0 Å². The van der Waals surface area contributed by atoms with Crippen LogP contribution in [0.25, 0.3) is 99.2 Å². The Morgan fingerprint density at radius 3 is 1.63 bits per heavy atom. The maximum absolute atomic E-state index is 9.76. The largest absolute Gasteiger partial charge is 0.456 e. The van der Waals surface area contributed by atoms with Crippen LogP contribution in [0.4, 0.5) is 0 Å². The highest BCUT2D eigenvalue weighted by atomic mass is 16.3. The Hall–Kier alpha value is -6.84. The van der Waals surface area contributed by atoms with Crippen LogP contribution in [0, 0.1) is 0 Å². The summed E-state index contributed by atoms with van der Waals surface area (Å²) in [6.07, 6.45) is 0. The second kappa shape index (κ2) is 10.8. The molecule has 0 radical (unpaired) electrons. The normalized spacial score (nSPS) is 14.7. The SMILES string of the molecule is [2H]c1c([2H])c([2H])c2c(c1[2H])c1c3c4c([2H])c([2H])c([2H])c([2H])c4n(-c4ccc5c(c4)oc4cccc(-c6ccccc6)c45)c3c([2H])c([2H])c1n2-c1ccc(-c2ccccc2)cc1.